The van der Waals surface area contributed by atoms with Gasteiger partial charge in [0.25, 0.3) is 0 Å². The van der Waals surface area contributed by atoms with Gasteiger partial charge in [0.1, 0.15) is 5.82 Å². The fourth-order valence-electron chi connectivity index (χ4n) is 1.46. The number of nitro groups is 1. The molecule has 0 saturated carbocycles. The number of halogens is 1. The first kappa shape index (κ1) is 11.0. The molecule has 17 heavy (non-hydrogen) atoms. The molecule has 86 valence electrons. The quantitative estimate of drug-likeness (QED) is 0.638. The number of hydrogen-bond acceptors (Lipinski definition) is 3. The molecule has 0 unspecified atom stereocenters. The van der Waals surface area contributed by atoms with E-state index in [1.165, 1.54) is 24.4 Å². The summed E-state index contributed by atoms with van der Waals surface area (Å²) in [6.45, 7) is 0. The largest absolute Gasteiger partial charge is 0.334 e. The van der Waals surface area contributed by atoms with Gasteiger partial charge in [-0.3, -0.25) is 14.9 Å². The second-order valence-electron chi connectivity index (χ2n) is 3.34. The van der Waals surface area contributed by atoms with Gasteiger partial charge in [-0.2, -0.15) is 0 Å². The Morgan fingerprint density at radius 3 is 2.65 bits per heavy atom. The van der Waals surface area contributed by atoms with E-state index in [-0.39, 0.29) is 11.1 Å². The Morgan fingerprint density at radius 2 is 2.00 bits per heavy atom. The number of hydrogen-bond donors (Lipinski definition) is 1. The highest BCUT2D eigenvalue weighted by Gasteiger charge is 2.14. The van der Waals surface area contributed by atoms with Gasteiger partial charge in [-0.25, -0.2) is 4.39 Å². The van der Waals surface area contributed by atoms with Crippen molar-refractivity contribution in [2.24, 2.45) is 0 Å². The van der Waals surface area contributed by atoms with Gasteiger partial charge in [-0.05, 0) is 6.07 Å². The van der Waals surface area contributed by atoms with E-state index in [2.05, 4.69) is 4.98 Å². The molecule has 1 aromatic carbocycles. The Morgan fingerprint density at radius 1 is 1.29 bits per heavy atom. The average Bonchev–Trinajstić information content (AvgIpc) is 2.30. The summed E-state index contributed by atoms with van der Waals surface area (Å²) in [5, 5.41) is 10.6. The summed E-state index contributed by atoms with van der Waals surface area (Å²) >= 11 is 0. The molecule has 0 atom stereocenters. The molecule has 0 amide bonds. The van der Waals surface area contributed by atoms with Gasteiger partial charge < -0.3 is 4.98 Å². The van der Waals surface area contributed by atoms with Gasteiger partial charge in [0.2, 0.25) is 0 Å². The van der Waals surface area contributed by atoms with Gasteiger partial charge in [0, 0.05) is 23.4 Å². The molecule has 1 heterocycles. The van der Waals surface area contributed by atoms with Gasteiger partial charge in [-0.15, -0.1) is 0 Å². The van der Waals surface area contributed by atoms with Crippen LogP contribution in [0.2, 0.25) is 0 Å². The van der Waals surface area contributed by atoms with Gasteiger partial charge in [0.15, 0.2) is 0 Å². The van der Waals surface area contributed by atoms with Crippen molar-refractivity contribution < 1.29 is 9.31 Å². The van der Waals surface area contributed by atoms with Gasteiger partial charge in [-0.1, -0.05) is 18.2 Å². The molecule has 6 heteroatoms. The lowest BCUT2D eigenvalue weighted by Crippen LogP contribution is -2.10. The van der Waals surface area contributed by atoms with Gasteiger partial charge >= 0.3 is 11.2 Å². The summed E-state index contributed by atoms with van der Waals surface area (Å²) in [4.78, 5) is 23.1. The maximum absolute atomic E-state index is 13.4. The minimum absolute atomic E-state index is 0.201. The topological polar surface area (TPSA) is 76.0 Å². The smallest absolute Gasteiger partial charge is 0.323 e. The third-order valence-corrected chi connectivity index (χ3v) is 2.27. The van der Waals surface area contributed by atoms with Crippen molar-refractivity contribution >= 4 is 5.69 Å². The van der Waals surface area contributed by atoms with Crippen LogP contribution in [0.4, 0.5) is 10.1 Å². The number of rotatable bonds is 2. The standard InChI is InChI=1S/C11H7FN2O3/c12-9-4-2-1-3-8(9)7-5-10(14(16)17)11(15)13-6-7/h1-6H,(H,13,15). The molecule has 5 nitrogen and oxygen atoms in total. The average molecular weight is 234 g/mol. The third kappa shape index (κ3) is 2.05. The number of pyridine rings is 1. The van der Waals surface area contributed by atoms with Crippen molar-refractivity contribution in [2.45, 2.75) is 0 Å². The summed E-state index contributed by atoms with van der Waals surface area (Å²) in [7, 11) is 0. The number of H-pyrrole nitrogens is 1. The Hall–Kier alpha value is -2.50. The van der Waals surface area contributed by atoms with Crippen molar-refractivity contribution in [3.05, 3.63) is 62.8 Å². The molecule has 0 aliphatic carbocycles. The molecule has 1 N–H and O–H groups in total. The predicted molar refractivity (Wildman–Crippen MR) is 59.1 cm³/mol. The molecule has 0 radical (unpaired) electrons. The van der Waals surface area contributed by atoms with Crippen LogP contribution in [0, 0.1) is 15.9 Å². The van der Waals surface area contributed by atoms with Crippen molar-refractivity contribution in [3.63, 3.8) is 0 Å². The molecule has 2 rings (SSSR count). The maximum atomic E-state index is 13.4. The lowest BCUT2D eigenvalue weighted by atomic mass is 10.1. The van der Waals surface area contributed by atoms with Crippen molar-refractivity contribution in [3.8, 4) is 11.1 Å². The molecule has 0 bridgehead atoms. The second kappa shape index (κ2) is 4.17. The summed E-state index contributed by atoms with van der Waals surface area (Å²) in [6, 6.07) is 6.89. The number of benzene rings is 1. The fraction of sp³-hybridized carbons (Fsp3) is 0. The lowest BCUT2D eigenvalue weighted by Gasteiger charge is -2.02. The predicted octanol–water partition coefficient (Wildman–Crippen LogP) is 2.09. The van der Waals surface area contributed by atoms with Crippen LogP contribution < -0.4 is 5.56 Å². The van der Waals surface area contributed by atoms with E-state index in [0.717, 1.165) is 6.07 Å². The second-order valence-corrected chi connectivity index (χ2v) is 3.34. The van der Waals surface area contributed by atoms with Crippen molar-refractivity contribution in [1.29, 1.82) is 0 Å². The molecule has 2 aromatic rings. The lowest BCUT2D eigenvalue weighted by molar-refractivity contribution is -0.386. The number of aromatic amines is 1. The van der Waals surface area contributed by atoms with E-state index in [0.29, 0.717) is 0 Å². The minimum Gasteiger partial charge on any atom is -0.323 e. The first-order chi connectivity index (χ1) is 8.09. The van der Waals surface area contributed by atoms with Crippen molar-refractivity contribution in [2.75, 3.05) is 0 Å². The van der Waals surface area contributed by atoms with E-state index >= 15 is 0 Å². The van der Waals surface area contributed by atoms with Gasteiger partial charge in [0.05, 0.1) is 4.92 Å². The Bertz CT molecular complexity index is 637. The van der Waals surface area contributed by atoms with E-state index in [9.17, 15) is 19.3 Å². The first-order valence-electron chi connectivity index (χ1n) is 4.71. The highest BCUT2D eigenvalue weighted by atomic mass is 19.1. The van der Waals surface area contributed by atoms with Crippen molar-refractivity contribution in [1.82, 2.24) is 4.98 Å². The van der Waals surface area contributed by atoms with Crippen LogP contribution in [0.3, 0.4) is 0 Å². The molecule has 0 fully saturated rings. The highest BCUT2D eigenvalue weighted by Crippen LogP contribution is 2.23. The van der Waals surface area contributed by atoms with Crippen LogP contribution in [0.15, 0.2) is 41.3 Å². The van der Waals surface area contributed by atoms with E-state index in [1.54, 1.807) is 6.07 Å². The SMILES string of the molecule is O=c1[nH]cc(-c2ccccc2F)cc1[N+](=O)[O-]. The van der Waals surface area contributed by atoms with Crippen LogP contribution >= 0.6 is 0 Å². The molecule has 0 aliphatic rings. The Balaban J connectivity index is 2.62. The zero-order valence-electron chi connectivity index (χ0n) is 8.51. The summed E-state index contributed by atoms with van der Waals surface area (Å²) in [6.07, 6.45) is 1.24. The minimum atomic E-state index is -0.810. The molecule has 1 aromatic heterocycles. The van der Waals surface area contributed by atoms with Crippen LogP contribution in [0.25, 0.3) is 11.1 Å². The van der Waals surface area contributed by atoms with Crippen LogP contribution in [-0.4, -0.2) is 9.91 Å². The number of nitrogens with one attached hydrogen (secondary N) is 1. The molecular weight excluding hydrogens is 227 g/mol. The molecular formula is C11H7FN2O3. The normalized spacial score (nSPS) is 10.2. The monoisotopic (exact) mass is 234 g/mol. The Labute approximate surface area is 94.7 Å². The highest BCUT2D eigenvalue weighted by molar-refractivity contribution is 5.65. The number of aromatic nitrogens is 1. The maximum Gasteiger partial charge on any atom is 0.334 e. The van der Waals surface area contributed by atoms with E-state index in [1.807, 2.05) is 0 Å². The van der Waals surface area contributed by atoms with E-state index in [4.69, 9.17) is 0 Å². The third-order valence-electron chi connectivity index (χ3n) is 2.27. The summed E-state index contributed by atoms with van der Waals surface area (Å²) in [5.41, 5.74) is -0.956. The fourth-order valence-corrected chi connectivity index (χ4v) is 1.46. The zero-order valence-corrected chi connectivity index (χ0v) is 8.51. The van der Waals surface area contributed by atoms with Crippen LogP contribution in [0.5, 0.6) is 0 Å². The summed E-state index contributed by atoms with van der Waals surface area (Å²) in [5.74, 6) is -0.506. The molecule has 0 saturated heterocycles. The van der Waals surface area contributed by atoms with E-state index < -0.39 is 22.0 Å². The number of nitrogens with zero attached hydrogens (tertiary/aromatic N) is 1. The zero-order chi connectivity index (χ0) is 12.4. The van der Waals surface area contributed by atoms with Crippen LogP contribution in [-0.2, 0) is 0 Å². The van der Waals surface area contributed by atoms with Crippen LogP contribution in [0.1, 0.15) is 0 Å². The Kier molecular flexibility index (Phi) is 2.70. The molecule has 0 spiro atoms. The first-order valence-corrected chi connectivity index (χ1v) is 4.71. The molecule has 0 aliphatic heterocycles. The summed E-state index contributed by atoms with van der Waals surface area (Å²) < 4.78 is 13.4.